The lowest BCUT2D eigenvalue weighted by Gasteiger charge is -2.23. The fourth-order valence-electron chi connectivity index (χ4n) is 2.04. The van der Waals surface area contributed by atoms with Gasteiger partial charge in [-0.05, 0) is 30.7 Å². The average molecular weight is 241 g/mol. The molecular formula is C15H19N3. The molecule has 1 atom stereocenters. The van der Waals surface area contributed by atoms with Gasteiger partial charge in [-0.3, -0.25) is 4.98 Å². The third-order valence-electron chi connectivity index (χ3n) is 2.96. The highest BCUT2D eigenvalue weighted by Gasteiger charge is 2.10. The van der Waals surface area contributed by atoms with Crippen LogP contribution in [0, 0.1) is 0 Å². The number of para-hydroxylation sites is 1. The molecule has 1 heterocycles. The number of hydrogen-bond acceptors (Lipinski definition) is 3. The van der Waals surface area contributed by atoms with Crippen molar-refractivity contribution in [3.8, 4) is 0 Å². The first-order valence-corrected chi connectivity index (χ1v) is 6.14. The quantitative estimate of drug-likeness (QED) is 0.895. The number of pyridine rings is 1. The second-order valence-electron chi connectivity index (χ2n) is 4.52. The maximum Gasteiger partial charge on any atom is 0.0598 e. The molecule has 2 N–H and O–H groups in total. The van der Waals surface area contributed by atoms with Crippen LogP contribution in [0.25, 0.3) is 0 Å². The van der Waals surface area contributed by atoms with Crippen LogP contribution in [0.4, 0.5) is 5.69 Å². The van der Waals surface area contributed by atoms with E-state index in [0.717, 1.165) is 23.5 Å². The van der Waals surface area contributed by atoms with E-state index in [9.17, 15) is 0 Å². The first-order chi connectivity index (χ1) is 8.68. The molecule has 94 valence electrons. The smallest absolute Gasteiger partial charge is 0.0598 e. The van der Waals surface area contributed by atoms with Crippen LogP contribution in [-0.4, -0.2) is 12.0 Å². The lowest BCUT2D eigenvalue weighted by molar-refractivity contribution is 0.797. The molecule has 0 bridgehead atoms. The van der Waals surface area contributed by atoms with Crippen molar-refractivity contribution in [1.29, 1.82) is 0 Å². The monoisotopic (exact) mass is 241 g/mol. The fraction of sp³-hybridized carbons (Fsp3) is 0.267. The summed E-state index contributed by atoms with van der Waals surface area (Å²) in [6, 6.07) is 14.2. The minimum absolute atomic E-state index is 0.0346. The number of hydrogen-bond donors (Lipinski definition) is 1. The topological polar surface area (TPSA) is 42.1 Å². The van der Waals surface area contributed by atoms with Crippen LogP contribution in [0.15, 0.2) is 48.7 Å². The number of benzene rings is 1. The van der Waals surface area contributed by atoms with E-state index in [1.165, 1.54) is 0 Å². The Kier molecular flexibility index (Phi) is 3.95. The fourth-order valence-corrected chi connectivity index (χ4v) is 2.04. The second-order valence-corrected chi connectivity index (χ2v) is 4.52. The highest BCUT2D eigenvalue weighted by Crippen LogP contribution is 2.24. The largest absolute Gasteiger partial charge is 0.368 e. The summed E-state index contributed by atoms with van der Waals surface area (Å²) in [5, 5.41) is 0. The molecule has 1 aromatic heterocycles. The molecule has 0 saturated carbocycles. The Labute approximate surface area is 108 Å². The van der Waals surface area contributed by atoms with Crippen molar-refractivity contribution in [2.24, 2.45) is 5.73 Å². The lowest BCUT2D eigenvalue weighted by Crippen LogP contribution is -2.20. The summed E-state index contributed by atoms with van der Waals surface area (Å²) in [4.78, 5) is 6.53. The molecule has 0 aliphatic heterocycles. The Balaban J connectivity index is 2.21. The molecule has 0 aliphatic carbocycles. The van der Waals surface area contributed by atoms with Crippen LogP contribution >= 0.6 is 0 Å². The zero-order valence-electron chi connectivity index (χ0n) is 10.9. The molecule has 1 unspecified atom stereocenters. The average Bonchev–Trinajstić information content (AvgIpc) is 2.40. The Morgan fingerprint density at radius 2 is 1.89 bits per heavy atom. The number of anilines is 1. The molecule has 1 aromatic carbocycles. The molecule has 0 fully saturated rings. The molecule has 3 heteroatoms. The maximum absolute atomic E-state index is 6.00. The van der Waals surface area contributed by atoms with E-state index in [1.54, 1.807) is 0 Å². The van der Waals surface area contributed by atoms with Crippen LogP contribution in [0.5, 0.6) is 0 Å². The number of nitrogens with two attached hydrogens (primary N) is 1. The van der Waals surface area contributed by atoms with Crippen LogP contribution in [0.2, 0.25) is 0 Å². The van der Waals surface area contributed by atoms with Crippen molar-refractivity contribution in [1.82, 2.24) is 4.98 Å². The highest BCUT2D eigenvalue weighted by molar-refractivity contribution is 5.54. The Bertz CT molecular complexity index is 494. The zero-order valence-corrected chi connectivity index (χ0v) is 10.9. The molecule has 3 nitrogen and oxygen atoms in total. The summed E-state index contributed by atoms with van der Waals surface area (Å²) in [5.74, 6) is 0. The van der Waals surface area contributed by atoms with Gasteiger partial charge in [0.15, 0.2) is 0 Å². The molecular weight excluding hydrogens is 222 g/mol. The predicted molar refractivity (Wildman–Crippen MR) is 75.4 cm³/mol. The Hall–Kier alpha value is -1.87. The first-order valence-electron chi connectivity index (χ1n) is 6.14. The van der Waals surface area contributed by atoms with Gasteiger partial charge in [0.2, 0.25) is 0 Å². The van der Waals surface area contributed by atoms with Crippen LogP contribution in [0.3, 0.4) is 0 Å². The second kappa shape index (κ2) is 5.65. The molecule has 0 spiro atoms. The van der Waals surface area contributed by atoms with Gasteiger partial charge < -0.3 is 10.6 Å². The van der Waals surface area contributed by atoms with Gasteiger partial charge in [-0.25, -0.2) is 0 Å². The SMILES string of the molecule is CC(N)c1ccccc1N(C)Cc1ccccn1. The van der Waals surface area contributed by atoms with Crippen molar-refractivity contribution in [3.63, 3.8) is 0 Å². The predicted octanol–water partition coefficient (Wildman–Crippen LogP) is 2.74. The van der Waals surface area contributed by atoms with Crippen molar-refractivity contribution in [2.75, 3.05) is 11.9 Å². The van der Waals surface area contributed by atoms with Gasteiger partial charge in [-0.2, -0.15) is 0 Å². The van der Waals surface area contributed by atoms with E-state index in [2.05, 4.69) is 29.1 Å². The molecule has 18 heavy (non-hydrogen) atoms. The first kappa shape index (κ1) is 12.6. The molecule has 0 amide bonds. The number of rotatable bonds is 4. The minimum atomic E-state index is 0.0346. The van der Waals surface area contributed by atoms with E-state index in [4.69, 9.17) is 5.73 Å². The van der Waals surface area contributed by atoms with Crippen molar-refractivity contribution in [3.05, 3.63) is 59.9 Å². The summed E-state index contributed by atoms with van der Waals surface area (Å²) in [5.41, 5.74) is 9.39. The Morgan fingerprint density at radius 3 is 2.56 bits per heavy atom. The molecule has 2 aromatic rings. The number of nitrogens with zero attached hydrogens (tertiary/aromatic N) is 2. The van der Waals surface area contributed by atoms with E-state index in [-0.39, 0.29) is 6.04 Å². The summed E-state index contributed by atoms with van der Waals surface area (Å²) >= 11 is 0. The van der Waals surface area contributed by atoms with Gasteiger partial charge in [-0.1, -0.05) is 24.3 Å². The van der Waals surface area contributed by atoms with Crippen LogP contribution in [-0.2, 0) is 6.54 Å². The molecule has 0 radical (unpaired) electrons. The van der Waals surface area contributed by atoms with Crippen molar-refractivity contribution < 1.29 is 0 Å². The summed E-state index contributed by atoms with van der Waals surface area (Å²) in [6.45, 7) is 2.79. The molecule has 0 saturated heterocycles. The van der Waals surface area contributed by atoms with Crippen LogP contribution < -0.4 is 10.6 Å². The van der Waals surface area contributed by atoms with Gasteiger partial charge in [0, 0.05) is 25.0 Å². The van der Waals surface area contributed by atoms with Crippen molar-refractivity contribution >= 4 is 5.69 Å². The number of aromatic nitrogens is 1. The van der Waals surface area contributed by atoms with E-state index in [1.807, 2.05) is 43.5 Å². The third kappa shape index (κ3) is 2.87. The Morgan fingerprint density at radius 1 is 1.17 bits per heavy atom. The highest BCUT2D eigenvalue weighted by atomic mass is 15.1. The van der Waals surface area contributed by atoms with E-state index < -0.39 is 0 Å². The van der Waals surface area contributed by atoms with Gasteiger partial charge in [0.05, 0.1) is 12.2 Å². The van der Waals surface area contributed by atoms with Crippen molar-refractivity contribution in [2.45, 2.75) is 19.5 Å². The van der Waals surface area contributed by atoms with Gasteiger partial charge >= 0.3 is 0 Å². The van der Waals surface area contributed by atoms with Gasteiger partial charge in [-0.15, -0.1) is 0 Å². The lowest BCUT2D eigenvalue weighted by atomic mass is 10.1. The maximum atomic E-state index is 6.00. The zero-order chi connectivity index (χ0) is 13.0. The summed E-state index contributed by atoms with van der Waals surface area (Å²) in [6.07, 6.45) is 1.82. The van der Waals surface area contributed by atoms with Gasteiger partial charge in [0.25, 0.3) is 0 Å². The molecule has 0 aliphatic rings. The summed E-state index contributed by atoms with van der Waals surface area (Å²) < 4.78 is 0. The van der Waals surface area contributed by atoms with Gasteiger partial charge in [0.1, 0.15) is 0 Å². The molecule has 2 rings (SSSR count). The van der Waals surface area contributed by atoms with Crippen LogP contribution in [0.1, 0.15) is 24.2 Å². The normalized spacial score (nSPS) is 12.2. The van der Waals surface area contributed by atoms with E-state index >= 15 is 0 Å². The third-order valence-corrected chi connectivity index (χ3v) is 2.96. The minimum Gasteiger partial charge on any atom is -0.368 e. The summed E-state index contributed by atoms with van der Waals surface area (Å²) in [7, 11) is 2.07. The van der Waals surface area contributed by atoms with E-state index in [0.29, 0.717) is 0 Å². The standard InChI is InChI=1S/C15H19N3/c1-12(16)14-8-3-4-9-15(14)18(2)11-13-7-5-6-10-17-13/h3-10,12H,11,16H2,1-2H3.